The fourth-order valence-corrected chi connectivity index (χ4v) is 2.84. The van der Waals surface area contributed by atoms with Crippen LogP contribution in [0.25, 0.3) is 0 Å². The van der Waals surface area contributed by atoms with Crippen molar-refractivity contribution in [2.45, 2.75) is 26.4 Å². The summed E-state index contributed by atoms with van der Waals surface area (Å²) in [4.78, 5) is 12.6. The third-order valence-electron chi connectivity index (χ3n) is 4.24. The average molecular weight is 344 g/mol. The average Bonchev–Trinajstić information content (AvgIpc) is 3.10. The Bertz CT molecular complexity index is 921. The molecule has 0 atom stereocenters. The van der Waals surface area contributed by atoms with Gasteiger partial charge in [0.25, 0.3) is 5.91 Å². The lowest BCUT2D eigenvalue weighted by molar-refractivity contribution is 0.0950. The van der Waals surface area contributed by atoms with Crippen LogP contribution in [0.15, 0.2) is 60.8 Å². The zero-order valence-corrected chi connectivity index (χ0v) is 14.6. The number of nitrogens with one attached hydrogen (secondary N) is 1. The van der Waals surface area contributed by atoms with Gasteiger partial charge in [0.2, 0.25) is 0 Å². The van der Waals surface area contributed by atoms with Gasteiger partial charge in [0.05, 0.1) is 35.6 Å². The van der Waals surface area contributed by atoms with Crippen LogP contribution in [0.4, 0.5) is 0 Å². The number of benzene rings is 2. The van der Waals surface area contributed by atoms with Gasteiger partial charge in [-0.1, -0.05) is 49.4 Å². The van der Waals surface area contributed by atoms with E-state index in [2.05, 4.69) is 16.5 Å². The Hall–Kier alpha value is -3.39. The van der Waals surface area contributed by atoms with E-state index in [0.717, 1.165) is 23.2 Å². The molecular formula is C21H20N4O. The van der Waals surface area contributed by atoms with Crippen molar-refractivity contribution in [2.75, 3.05) is 0 Å². The lowest BCUT2D eigenvalue weighted by atomic mass is 10.1. The molecule has 1 heterocycles. The minimum absolute atomic E-state index is 0.134. The molecule has 0 bridgehead atoms. The molecule has 0 saturated carbocycles. The number of nitriles is 1. The zero-order chi connectivity index (χ0) is 18.4. The molecule has 5 heteroatoms. The van der Waals surface area contributed by atoms with E-state index in [1.54, 1.807) is 18.3 Å². The molecule has 0 aliphatic heterocycles. The second-order valence-corrected chi connectivity index (χ2v) is 5.99. The number of hydrogen-bond donors (Lipinski definition) is 1. The summed E-state index contributed by atoms with van der Waals surface area (Å²) in [6.07, 6.45) is 2.36. The van der Waals surface area contributed by atoms with Crippen LogP contribution in [-0.2, 0) is 19.5 Å². The molecule has 0 aliphatic carbocycles. The second-order valence-electron chi connectivity index (χ2n) is 5.99. The van der Waals surface area contributed by atoms with Gasteiger partial charge in [-0.25, -0.2) is 0 Å². The lowest BCUT2D eigenvalue weighted by Crippen LogP contribution is -2.24. The Morgan fingerprint density at radius 1 is 1.12 bits per heavy atom. The number of hydrogen-bond acceptors (Lipinski definition) is 3. The number of carbonyl (C=O) groups is 1. The fourth-order valence-electron chi connectivity index (χ4n) is 2.84. The Balaban J connectivity index is 1.70. The monoisotopic (exact) mass is 344 g/mol. The Kier molecular flexibility index (Phi) is 5.45. The van der Waals surface area contributed by atoms with Gasteiger partial charge in [0, 0.05) is 6.54 Å². The number of carbonyl (C=O) groups excluding carboxylic acids is 1. The normalized spacial score (nSPS) is 10.3. The second kappa shape index (κ2) is 8.13. The molecule has 5 nitrogen and oxygen atoms in total. The van der Waals surface area contributed by atoms with E-state index in [9.17, 15) is 4.79 Å². The van der Waals surface area contributed by atoms with Gasteiger partial charge in [-0.3, -0.25) is 9.48 Å². The zero-order valence-electron chi connectivity index (χ0n) is 14.6. The summed E-state index contributed by atoms with van der Waals surface area (Å²) in [6, 6.07) is 19.3. The van der Waals surface area contributed by atoms with Crippen molar-refractivity contribution in [2.24, 2.45) is 0 Å². The molecule has 0 aliphatic rings. The summed E-state index contributed by atoms with van der Waals surface area (Å²) in [6.45, 7) is 3.08. The minimum Gasteiger partial charge on any atom is -0.348 e. The van der Waals surface area contributed by atoms with Crippen molar-refractivity contribution in [3.63, 3.8) is 0 Å². The van der Waals surface area contributed by atoms with Crippen LogP contribution >= 0.6 is 0 Å². The predicted molar refractivity (Wildman–Crippen MR) is 99.5 cm³/mol. The third-order valence-corrected chi connectivity index (χ3v) is 4.24. The van der Waals surface area contributed by atoms with Crippen LogP contribution in [0.2, 0.25) is 0 Å². The van der Waals surface area contributed by atoms with E-state index < -0.39 is 0 Å². The minimum atomic E-state index is -0.134. The van der Waals surface area contributed by atoms with Gasteiger partial charge < -0.3 is 5.32 Å². The molecular weight excluding hydrogens is 324 g/mol. The highest BCUT2D eigenvalue weighted by atomic mass is 16.1. The molecule has 1 aromatic heterocycles. The smallest absolute Gasteiger partial charge is 0.255 e. The molecule has 1 amide bonds. The molecule has 3 rings (SSSR count). The van der Waals surface area contributed by atoms with Crippen molar-refractivity contribution in [1.82, 2.24) is 15.1 Å². The molecule has 0 fully saturated rings. The van der Waals surface area contributed by atoms with Crippen LogP contribution in [0.5, 0.6) is 0 Å². The van der Waals surface area contributed by atoms with E-state index in [-0.39, 0.29) is 5.91 Å². The first kappa shape index (κ1) is 17.4. The van der Waals surface area contributed by atoms with E-state index in [0.29, 0.717) is 24.2 Å². The lowest BCUT2D eigenvalue weighted by Gasteiger charge is -2.09. The predicted octanol–water partition coefficient (Wildman–Crippen LogP) is 3.30. The quantitative estimate of drug-likeness (QED) is 0.746. The Morgan fingerprint density at radius 3 is 2.50 bits per heavy atom. The molecule has 0 radical (unpaired) electrons. The SMILES string of the molecule is CCc1c(C(=O)NCc2ccc(C#N)cc2)cnn1Cc1ccccc1. The molecule has 130 valence electrons. The summed E-state index contributed by atoms with van der Waals surface area (Å²) >= 11 is 0. The molecule has 1 N–H and O–H groups in total. The van der Waals surface area contributed by atoms with Crippen LogP contribution < -0.4 is 5.32 Å². The topological polar surface area (TPSA) is 70.7 Å². The van der Waals surface area contributed by atoms with Crippen LogP contribution in [0, 0.1) is 11.3 Å². The van der Waals surface area contributed by atoms with E-state index in [1.165, 1.54) is 0 Å². The van der Waals surface area contributed by atoms with Crippen LogP contribution in [0.3, 0.4) is 0 Å². The highest BCUT2D eigenvalue weighted by Crippen LogP contribution is 2.13. The number of nitrogens with zero attached hydrogens (tertiary/aromatic N) is 3. The van der Waals surface area contributed by atoms with Gasteiger partial charge in [-0.05, 0) is 29.7 Å². The van der Waals surface area contributed by atoms with E-state index in [4.69, 9.17) is 5.26 Å². The number of amides is 1. The summed E-state index contributed by atoms with van der Waals surface area (Å²) in [5, 5.41) is 16.2. The first-order valence-electron chi connectivity index (χ1n) is 8.57. The maximum absolute atomic E-state index is 12.6. The molecule has 0 spiro atoms. The Labute approximate surface area is 152 Å². The molecule has 0 unspecified atom stereocenters. The highest BCUT2D eigenvalue weighted by molar-refractivity contribution is 5.95. The number of rotatable bonds is 6. The van der Waals surface area contributed by atoms with Gasteiger partial charge in [0.15, 0.2) is 0 Å². The largest absolute Gasteiger partial charge is 0.348 e. The molecule has 0 saturated heterocycles. The third kappa shape index (κ3) is 3.98. The van der Waals surface area contributed by atoms with Gasteiger partial charge in [0.1, 0.15) is 0 Å². The summed E-state index contributed by atoms with van der Waals surface area (Å²) in [7, 11) is 0. The van der Waals surface area contributed by atoms with Crippen molar-refractivity contribution in [3.8, 4) is 6.07 Å². The summed E-state index contributed by atoms with van der Waals surface area (Å²) in [5.41, 5.74) is 4.24. The van der Waals surface area contributed by atoms with Crippen LogP contribution in [0.1, 0.15) is 39.7 Å². The highest BCUT2D eigenvalue weighted by Gasteiger charge is 2.16. The van der Waals surface area contributed by atoms with E-state index in [1.807, 2.05) is 54.1 Å². The summed E-state index contributed by atoms with van der Waals surface area (Å²) in [5.74, 6) is -0.134. The van der Waals surface area contributed by atoms with Crippen molar-refractivity contribution in [3.05, 3.63) is 88.7 Å². The van der Waals surface area contributed by atoms with Crippen LogP contribution in [-0.4, -0.2) is 15.7 Å². The first-order chi connectivity index (χ1) is 12.7. The maximum atomic E-state index is 12.6. The van der Waals surface area contributed by atoms with Crippen molar-refractivity contribution < 1.29 is 4.79 Å². The van der Waals surface area contributed by atoms with Gasteiger partial charge >= 0.3 is 0 Å². The molecule has 26 heavy (non-hydrogen) atoms. The maximum Gasteiger partial charge on any atom is 0.255 e. The number of aromatic nitrogens is 2. The Morgan fingerprint density at radius 2 is 1.85 bits per heavy atom. The van der Waals surface area contributed by atoms with Gasteiger partial charge in [-0.15, -0.1) is 0 Å². The van der Waals surface area contributed by atoms with E-state index >= 15 is 0 Å². The molecule has 2 aromatic carbocycles. The fraction of sp³-hybridized carbons (Fsp3) is 0.190. The van der Waals surface area contributed by atoms with Crippen molar-refractivity contribution >= 4 is 5.91 Å². The standard InChI is InChI=1S/C21H20N4O/c1-2-20-19(14-24-25(20)15-18-6-4-3-5-7-18)21(26)23-13-17-10-8-16(12-22)9-11-17/h3-11,14H,2,13,15H2,1H3,(H,23,26). The first-order valence-corrected chi connectivity index (χ1v) is 8.57. The molecule has 3 aromatic rings. The van der Waals surface area contributed by atoms with Crippen molar-refractivity contribution in [1.29, 1.82) is 5.26 Å². The van der Waals surface area contributed by atoms with Gasteiger partial charge in [-0.2, -0.15) is 10.4 Å². The summed E-state index contributed by atoms with van der Waals surface area (Å²) < 4.78 is 1.88.